The van der Waals surface area contributed by atoms with Crippen molar-refractivity contribution in [2.45, 2.75) is 33.2 Å². The third-order valence-electron chi connectivity index (χ3n) is 3.97. The minimum Gasteiger partial charge on any atom is -0.358 e. The van der Waals surface area contributed by atoms with Gasteiger partial charge in [-0.25, -0.2) is 0 Å². The Balaban J connectivity index is 2.15. The van der Waals surface area contributed by atoms with Gasteiger partial charge in [0.1, 0.15) is 4.32 Å². The number of carbonyl (C=O) groups is 2. The summed E-state index contributed by atoms with van der Waals surface area (Å²) in [5, 5.41) is 2.87. The molecule has 0 aliphatic carbocycles. The van der Waals surface area contributed by atoms with E-state index in [1.54, 1.807) is 4.90 Å². The summed E-state index contributed by atoms with van der Waals surface area (Å²) in [7, 11) is 0. The van der Waals surface area contributed by atoms with E-state index in [0.29, 0.717) is 5.69 Å². The largest absolute Gasteiger partial charge is 0.358 e. The van der Waals surface area contributed by atoms with Gasteiger partial charge in [-0.2, -0.15) is 0 Å². The van der Waals surface area contributed by atoms with Crippen LogP contribution < -0.4 is 10.2 Å². The van der Waals surface area contributed by atoms with Crippen molar-refractivity contribution in [1.82, 2.24) is 4.90 Å². The first-order valence-electron chi connectivity index (χ1n) is 8.10. The Kier molecular flexibility index (Phi) is 6.62. The molecule has 0 bridgehead atoms. The highest BCUT2D eigenvalue weighted by atomic mass is 32.2. The van der Waals surface area contributed by atoms with E-state index < -0.39 is 0 Å². The normalized spacial score (nSPS) is 16.9. The van der Waals surface area contributed by atoms with Gasteiger partial charge in [-0.3, -0.25) is 9.59 Å². The summed E-state index contributed by atoms with van der Waals surface area (Å²) in [6.07, 6.45) is 0.283. The van der Waals surface area contributed by atoms with Crippen molar-refractivity contribution in [2.75, 3.05) is 29.1 Å². The molecular weight excluding hydrogens is 342 g/mol. The van der Waals surface area contributed by atoms with Crippen LogP contribution in [0.4, 0.5) is 11.4 Å². The molecule has 0 saturated heterocycles. The first-order chi connectivity index (χ1) is 11.5. The Labute approximate surface area is 152 Å². The number of thioether (sulfide) groups is 1. The summed E-state index contributed by atoms with van der Waals surface area (Å²) in [5.74, 6) is 0.157. The number of nitrogens with zero attached hydrogens (tertiary/aromatic N) is 2. The molecule has 1 aliphatic rings. The zero-order valence-corrected chi connectivity index (χ0v) is 15.9. The average molecular weight is 366 g/mol. The maximum absolute atomic E-state index is 12.8. The number of benzene rings is 1. The van der Waals surface area contributed by atoms with Crippen molar-refractivity contribution < 1.29 is 9.59 Å². The predicted octanol–water partition coefficient (Wildman–Crippen LogP) is 3.11. The van der Waals surface area contributed by atoms with Gasteiger partial charge in [-0.05, 0) is 32.9 Å². The highest BCUT2D eigenvalue weighted by molar-refractivity contribution is 8.23. The fraction of sp³-hybridized carbons (Fsp3) is 0.471. The number of nitrogens with one attached hydrogen (secondary N) is 1. The van der Waals surface area contributed by atoms with E-state index in [-0.39, 0.29) is 30.0 Å². The Bertz CT molecular complexity index is 632. The van der Waals surface area contributed by atoms with Crippen LogP contribution in [0.3, 0.4) is 0 Å². The lowest BCUT2D eigenvalue weighted by Crippen LogP contribution is -2.40. The molecule has 2 amide bonds. The van der Waals surface area contributed by atoms with Gasteiger partial charge in [0, 0.05) is 25.6 Å². The first kappa shape index (κ1) is 18.7. The van der Waals surface area contributed by atoms with E-state index in [1.165, 1.54) is 11.8 Å². The van der Waals surface area contributed by atoms with Crippen molar-refractivity contribution in [2.24, 2.45) is 0 Å². The van der Waals surface area contributed by atoms with Crippen LogP contribution >= 0.6 is 24.0 Å². The van der Waals surface area contributed by atoms with Gasteiger partial charge in [0.25, 0.3) is 0 Å². The number of para-hydroxylation sites is 2. The van der Waals surface area contributed by atoms with Crippen LogP contribution in [0, 0.1) is 0 Å². The third-order valence-corrected chi connectivity index (χ3v) is 5.48. The van der Waals surface area contributed by atoms with Gasteiger partial charge in [-0.1, -0.05) is 36.1 Å². The fourth-order valence-electron chi connectivity index (χ4n) is 2.73. The molecule has 2 rings (SSSR count). The molecule has 0 radical (unpaired) electrons. The molecule has 1 heterocycles. The second kappa shape index (κ2) is 8.48. The molecule has 1 aromatic rings. The monoisotopic (exact) mass is 365 g/mol. The van der Waals surface area contributed by atoms with Gasteiger partial charge in [0.2, 0.25) is 11.8 Å². The Morgan fingerprint density at radius 1 is 1.38 bits per heavy atom. The number of anilines is 2. The van der Waals surface area contributed by atoms with E-state index >= 15 is 0 Å². The fourth-order valence-corrected chi connectivity index (χ4v) is 4.00. The van der Waals surface area contributed by atoms with Crippen LogP contribution in [0.1, 0.15) is 27.2 Å². The van der Waals surface area contributed by atoms with Gasteiger partial charge in [-0.15, -0.1) is 0 Å². The molecule has 1 aliphatic heterocycles. The highest BCUT2D eigenvalue weighted by Gasteiger charge is 2.29. The lowest BCUT2D eigenvalue weighted by atomic mass is 10.2. The Morgan fingerprint density at radius 3 is 2.71 bits per heavy atom. The summed E-state index contributed by atoms with van der Waals surface area (Å²) in [6, 6.07) is 7.21. The topological polar surface area (TPSA) is 52.7 Å². The molecule has 7 heteroatoms. The summed E-state index contributed by atoms with van der Waals surface area (Å²) in [6.45, 7) is 7.65. The van der Waals surface area contributed by atoms with E-state index in [2.05, 4.69) is 10.2 Å². The number of hydrogen-bond donors (Lipinski definition) is 1. The molecule has 0 fully saturated rings. The van der Waals surface area contributed by atoms with E-state index in [9.17, 15) is 9.59 Å². The summed E-state index contributed by atoms with van der Waals surface area (Å²) >= 11 is 6.78. The molecular formula is C17H23N3O2S2. The predicted molar refractivity (Wildman–Crippen MR) is 105 cm³/mol. The third kappa shape index (κ3) is 4.27. The molecule has 1 atom stereocenters. The number of rotatable bonds is 4. The van der Waals surface area contributed by atoms with Crippen LogP contribution in [-0.2, 0) is 9.59 Å². The molecule has 1 aromatic carbocycles. The molecule has 24 heavy (non-hydrogen) atoms. The smallest absolute Gasteiger partial charge is 0.237 e. The van der Waals surface area contributed by atoms with Gasteiger partial charge in [0.05, 0.1) is 17.1 Å². The van der Waals surface area contributed by atoms with Crippen molar-refractivity contribution in [3.8, 4) is 0 Å². The van der Waals surface area contributed by atoms with Crippen LogP contribution in [-0.4, -0.2) is 45.9 Å². The van der Waals surface area contributed by atoms with Crippen LogP contribution in [0.25, 0.3) is 0 Å². The maximum Gasteiger partial charge on any atom is 0.237 e. The number of carbonyl (C=O) groups excluding carboxylic acids is 2. The van der Waals surface area contributed by atoms with Crippen molar-refractivity contribution in [3.63, 3.8) is 0 Å². The SMILES string of the molecule is CCN(CC)C(=S)SCC(=O)N1c2ccccc2NC(=O)C[C@@H]1C. The van der Waals surface area contributed by atoms with Crippen molar-refractivity contribution in [3.05, 3.63) is 24.3 Å². The zero-order chi connectivity index (χ0) is 17.7. The van der Waals surface area contributed by atoms with Gasteiger partial charge in [0.15, 0.2) is 0 Å². The molecule has 0 saturated carbocycles. The Hall–Kier alpha value is -1.60. The van der Waals surface area contributed by atoms with E-state index in [0.717, 1.165) is 23.1 Å². The lowest BCUT2D eigenvalue weighted by molar-refractivity contribution is -0.117. The molecule has 5 nitrogen and oxygen atoms in total. The van der Waals surface area contributed by atoms with Gasteiger partial charge < -0.3 is 15.1 Å². The molecule has 1 N–H and O–H groups in total. The zero-order valence-electron chi connectivity index (χ0n) is 14.2. The summed E-state index contributed by atoms with van der Waals surface area (Å²) in [5.41, 5.74) is 1.42. The standard InChI is InChI=1S/C17H23N3O2S2/c1-4-19(5-2)17(23)24-11-16(22)20-12(3)10-15(21)18-13-8-6-7-9-14(13)20/h6-9,12H,4-5,10-11H2,1-3H3,(H,18,21)/t12-/m0/s1. The minimum atomic E-state index is -0.191. The number of fused-ring (bicyclic) bond motifs is 1. The molecule has 0 spiro atoms. The summed E-state index contributed by atoms with van der Waals surface area (Å²) in [4.78, 5) is 28.6. The summed E-state index contributed by atoms with van der Waals surface area (Å²) < 4.78 is 0.735. The minimum absolute atomic E-state index is 0.0362. The molecule has 0 unspecified atom stereocenters. The molecule has 130 valence electrons. The van der Waals surface area contributed by atoms with Crippen LogP contribution in [0.2, 0.25) is 0 Å². The van der Waals surface area contributed by atoms with Gasteiger partial charge >= 0.3 is 0 Å². The van der Waals surface area contributed by atoms with Crippen LogP contribution in [0.5, 0.6) is 0 Å². The Morgan fingerprint density at radius 2 is 2.04 bits per heavy atom. The van der Waals surface area contributed by atoms with Crippen molar-refractivity contribution >= 4 is 51.5 Å². The second-order valence-corrected chi connectivity index (χ2v) is 7.22. The maximum atomic E-state index is 12.8. The number of hydrogen-bond acceptors (Lipinski definition) is 4. The lowest BCUT2D eigenvalue weighted by Gasteiger charge is -2.28. The number of thiocarbonyl (C=S) groups is 1. The van der Waals surface area contributed by atoms with E-state index in [1.807, 2.05) is 45.0 Å². The van der Waals surface area contributed by atoms with E-state index in [4.69, 9.17) is 12.2 Å². The molecule has 0 aromatic heterocycles. The second-order valence-electron chi connectivity index (χ2n) is 5.61. The quantitative estimate of drug-likeness (QED) is 0.831. The average Bonchev–Trinajstić information content (AvgIpc) is 2.68. The number of amides is 2. The highest BCUT2D eigenvalue weighted by Crippen LogP contribution is 2.31. The van der Waals surface area contributed by atoms with Crippen molar-refractivity contribution in [1.29, 1.82) is 0 Å². The first-order valence-corrected chi connectivity index (χ1v) is 9.49. The van der Waals surface area contributed by atoms with Crippen LogP contribution in [0.15, 0.2) is 24.3 Å².